The molecule has 0 bridgehead atoms. The largest absolute Gasteiger partial charge is 0.366 e. The number of nitrogens with two attached hydrogens (primary N) is 1. The lowest BCUT2D eigenvalue weighted by molar-refractivity contribution is 0.100. The van der Waals surface area contributed by atoms with Gasteiger partial charge in [0.1, 0.15) is 5.82 Å². The van der Waals surface area contributed by atoms with Gasteiger partial charge in [0.2, 0.25) is 5.91 Å². The van der Waals surface area contributed by atoms with Gasteiger partial charge < -0.3 is 10.3 Å². The van der Waals surface area contributed by atoms with E-state index in [0.717, 1.165) is 31.8 Å². The van der Waals surface area contributed by atoms with Gasteiger partial charge in [-0.15, -0.1) is 0 Å². The first kappa shape index (κ1) is 17.1. The maximum atomic E-state index is 13.7. The minimum absolute atomic E-state index is 0.312. The van der Waals surface area contributed by atoms with Gasteiger partial charge in [0.15, 0.2) is 0 Å². The Hall–Kier alpha value is -2.37. The Morgan fingerprint density at radius 1 is 1.15 bits per heavy atom. The van der Waals surface area contributed by atoms with Gasteiger partial charge in [-0.2, -0.15) is 0 Å². The summed E-state index contributed by atoms with van der Waals surface area (Å²) in [6.45, 7) is 0.393. The molecule has 6 heteroatoms. The molecule has 0 atom stereocenters. The molecular formula is C20H13BrClFN2O. The first-order valence-corrected chi connectivity index (χ1v) is 9.07. The molecule has 0 radical (unpaired) electrons. The highest BCUT2D eigenvalue weighted by Crippen LogP contribution is 2.36. The number of halogens is 3. The van der Waals surface area contributed by atoms with Crippen LogP contribution in [0.1, 0.15) is 15.9 Å². The van der Waals surface area contributed by atoms with E-state index in [0.29, 0.717) is 17.1 Å². The van der Waals surface area contributed by atoms with E-state index >= 15 is 0 Å². The van der Waals surface area contributed by atoms with Gasteiger partial charge in [-0.1, -0.05) is 45.7 Å². The Morgan fingerprint density at radius 3 is 2.69 bits per heavy atom. The van der Waals surface area contributed by atoms with Gasteiger partial charge in [-0.05, 0) is 42.0 Å². The number of benzene rings is 3. The fourth-order valence-electron chi connectivity index (χ4n) is 3.36. The van der Waals surface area contributed by atoms with Crippen LogP contribution in [0.3, 0.4) is 0 Å². The minimum Gasteiger partial charge on any atom is -0.366 e. The summed E-state index contributed by atoms with van der Waals surface area (Å²) < 4.78 is 16.5. The average Bonchev–Trinajstić information content (AvgIpc) is 2.93. The monoisotopic (exact) mass is 430 g/mol. The van der Waals surface area contributed by atoms with Crippen LogP contribution in [0.15, 0.2) is 59.1 Å². The van der Waals surface area contributed by atoms with Crippen LogP contribution in [0.5, 0.6) is 0 Å². The van der Waals surface area contributed by atoms with Gasteiger partial charge in [0.05, 0.1) is 16.1 Å². The number of primary amides is 1. The Kier molecular flexibility index (Phi) is 4.21. The standard InChI is InChI=1S/C20H13BrClFN2O/c21-15-8-7-12(23)9-11(15)10-25-17-6-2-4-14(20(24)26)18(17)13-3-1-5-16(22)19(13)25/h1-9H,10H2,(H2,24,26). The zero-order valence-electron chi connectivity index (χ0n) is 13.5. The molecule has 0 aliphatic heterocycles. The Labute approximate surface area is 162 Å². The van der Waals surface area contributed by atoms with E-state index in [-0.39, 0.29) is 5.82 Å². The van der Waals surface area contributed by atoms with E-state index in [4.69, 9.17) is 17.3 Å². The van der Waals surface area contributed by atoms with Crippen molar-refractivity contribution in [2.45, 2.75) is 6.54 Å². The number of hydrogen-bond acceptors (Lipinski definition) is 1. The Balaban J connectivity index is 2.09. The van der Waals surface area contributed by atoms with Crippen molar-refractivity contribution in [1.82, 2.24) is 4.57 Å². The van der Waals surface area contributed by atoms with Crippen LogP contribution in [0.4, 0.5) is 4.39 Å². The molecule has 2 N–H and O–H groups in total. The van der Waals surface area contributed by atoms with Gasteiger partial charge in [-0.25, -0.2) is 4.39 Å². The molecule has 3 nitrogen and oxygen atoms in total. The molecule has 0 aliphatic carbocycles. The number of amides is 1. The van der Waals surface area contributed by atoms with Crippen LogP contribution in [-0.4, -0.2) is 10.5 Å². The maximum Gasteiger partial charge on any atom is 0.249 e. The van der Waals surface area contributed by atoms with Crippen molar-refractivity contribution in [3.05, 3.63) is 81.0 Å². The van der Waals surface area contributed by atoms with E-state index < -0.39 is 5.91 Å². The molecule has 0 aliphatic rings. The first-order chi connectivity index (χ1) is 12.5. The van der Waals surface area contributed by atoms with Gasteiger partial charge in [0, 0.05) is 27.4 Å². The number of para-hydroxylation sites is 1. The highest BCUT2D eigenvalue weighted by atomic mass is 79.9. The second-order valence-electron chi connectivity index (χ2n) is 6.02. The quantitative estimate of drug-likeness (QED) is 0.458. The highest BCUT2D eigenvalue weighted by Gasteiger charge is 2.18. The van der Waals surface area contributed by atoms with Crippen LogP contribution in [0, 0.1) is 5.82 Å². The first-order valence-electron chi connectivity index (χ1n) is 7.90. The maximum absolute atomic E-state index is 13.7. The van der Waals surface area contributed by atoms with Crippen molar-refractivity contribution in [3.63, 3.8) is 0 Å². The third kappa shape index (κ3) is 2.68. The zero-order chi connectivity index (χ0) is 18.4. The molecule has 4 aromatic rings. The van der Waals surface area contributed by atoms with Crippen molar-refractivity contribution in [2.24, 2.45) is 5.73 Å². The third-order valence-corrected chi connectivity index (χ3v) is 5.54. The predicted molar refractivity (Wildman–Crippen MR) is 106 cm³/mol. The summed E-state index contributed by atoms with van der Waals surface area (Å²) in [5.74, 6) is -0.811. The van der Waals surface area contributed by atoms with Crippen molar-refractivity contribution in [3.8, 4) is 0 Å². The summed E-state index contributed by atoms with van der Waals surface area (Å²) in [5.41, 5.74) is 8.39. The van der Waals surface area contributed by atoms with Gasteiger partial charge in [0.25, 0.3) is 0 Å². The SMILES string of the molecule is NC(=O)c1cccc2c1c1cccc(Cl)c1n2Cc1cc(F)ccc1Br. The summed E-state index contributed by atoms with van der Waals surface area (Å²) in [7, 11) is 0. The molecule has 1 heterocycles. The smallest absolute Gasteiger partial charge is 0.249 e. The second-order valence-corrected chi connectivity index (χ2v) is 7.28. The highest BCUT2D eigenvalue weighted by molar-refractivity contribution is 9.10. The molecule has 0 saturated heterocycles. The fraction of sp³-hybridized carbons (Fsp3) is 0.0500. The van der Waals surface area contributed by atoms with E-state index in [1.54, 1.807) is 24.3 Å². The van der Waals surface area contributed by atoms with Crippen LogP contribution in [0.25, 0.3) is 21.8 Å². The molecule has 1 aromatic heterocycles. The lowest BCUT2D eigenvalue weighted by atomic mass is 10.1. The third-order valence-electron chi connectivity index (χ3n) is 4.46. The molecule has 130 valence electrons. The number of carbonyl (C=O) groups excluding carboxylic acids is 1. The second kappa shape index (κ2) is 6.41. The number of fused-ring (bicyclic) bond motifs is 3. The lowest BCUT2D eigenvalue weighted by Gasteiger charge is -2.11. The molecular weight excluding hydrogens is 419 g/mol. The Morgan fingerprint density at radius 2 is 1.92 bits per heavy atom. The van der Waals surface area contributed by atoms with Crippen molar-refractivity contribution in [1.29, 1.82) is 0 Å². The summed E-state index contributed by atoms with van der Waals surface area (Å²) >= 11 is 9.95. The number of hydrogen-bond donors (Lipinski definition) is 1. The molecule has 1 amide bonds. The number of rotatable bonds is 3. The summed E-state index contributed by atoms with van der Waals surface area (Å²) in [5, 5.41) is 2.15. The molecule has 0 unspecified atom stereocenters. The molecule has 3 aromatic carbocycles. The molecule has 0 saturated carbocycles. The molecule has 0 spiro atoms. The van der Waals surface area contributed by atoms with Crippen LogP contribution < -0.4 is 5.73 Å². The predicted octanol–water partition coefficient (Wildman–Crippen LogP) is 5.50. The Bertz CT molecular complexity index is 1190. The van der Waals surface area contributed by atoms with Crippen molar-refractivity contribution >= 4 is 55.2 Å². The van der Waals surface area contributed by atoms with Gasteiger partial charge >= 0.3 is 0 Å². The van der Waals surface area contributed by atoms with E-state index in [9.17, 15) is 9.18 Å². The van der Waals surface area contributed by atoms with E-state index in [1.807, 2.05) is 22.8 Å². The minimum atomic E-state index is -0.499. The van der Waals surface area contributed by atoms with E-state index in [1.165, 1.54) is 12.1 Å². The van der Waals surface area contributed by atoms with Crippen LogP contribution in [0.2, 0.25) is 5.02 Å². The van der Waals surface area contributed by atoms with Crippen molar-refractivity contribution in [2.75, 3.05) is 0 Å². The summed E-state index contributed by atoms with van der Waals surface area (Å²) in [4.78, 5) is 11.9. The number of carbonyl (C=O) groups is 1. The van der Waals surface area contributed by atoms with Crippen LogP contribution in [-0.2, 0) is 6.54 Å². The molecule has 26 heavy (non-hydrogen) atoms. The summed E-state index contributed by atoms with van der Waals surface area (Å²) in [6.07, 6.45) is 0. The fourth-order valence-corrected chi connectivity index (χ4v) is 4.01. The van der Waals surface area contributed by atoms with Gasteiger partial charge in [-0.3, -0.25) is 4.79 Å². The number of nitrogens with zero attached hydrogens (tertiary/aromatic N) is 1. The normalized spacial score (nSPS) is 11.3. The lowest BCUT2D eigenvalue weighted by Crippen LogP contribution is -2.11. The number of aromatic nitrogens is 1. The molecule has 4 rings (SSSR count). The van der Waals surface area contributed by atoms with Crippen molar-refractivity contribution < 1.29 is 9.18 Å². The average molecular weight is 432 g/mol. The molecule has 0 fully saturated rings. The zero-order valence-corrected chi connectivity index (χ0v) is 15.8. The van der Waals surface area contributed by atoms with Crippen LogP contribution >= 0.6 is 27.5 Å². The van der Waals surface area contributed by atoms with E-state index in [2.05, 4.69) is 15.9 Å². The topological polar surface area (TPSA) is 48.0 Å². The summed E-state index contributed by atoms with van der Waals surface area (Å²) in [6, 6.07) is 15.5.